The molecule has 1 unspecified atom stereocenters. The molecule has 1 rings (SSSR count). The predicted octanol–water partition coefficient (Wildman–Crippen LogP) is 2.34. The molecule has 1 N–H and O–H groups in total. The van der Waals surface area contributed by atoms with Crippen LogP contribution in [0.15, 0.2) is 18.2 Å². The molecule has 0 aliphatic carbocycles. The minimum absolute atomic E-state index is 0.00811. The smallest absolute Gasteiger partial charge is 0.305 e. The van der Waals surface area contributed by atoms with Crippen molar-refractivity contribution in [2.75, 3.05) is 6.61 Å². The summed E-state index contributed by atoms with van der Waals surface area (Å²) in [5.74, 6) is -1.97. The van der Waals surface area contributed by atoms with Crippen molar-refractivity contribution in [1.29, 1.82) is 0 Å². The lowest BCUT2D eigenvalue weighted by Crippen LogP contribution is -2.08. The molecule has 0 fully saturated rings. The Labute approximate surface area is 98.0 Å². The number of aliphatic hydroxyl groups excluding tert-OH is 1. The van der Waals surface area contributed by atoms with Crippen molar-refractivity contribution in [3.05, 3.63) is 35.4 Å². The molecular formula is C12H14F2O3. The number of aliphatic hydroxyl groups is 1. The van der Waals surface area contributed by atoms with E-state index in [0.29, 0.717) is 6.07 Å². The Kier molecular flexibility index (Phi) is 5.03. The fourth-order valence-electron chi connectivity index (χ4n) is 1.41. The van der Waals surface area contributed by atoms with Gasteiger partial charge in [-0.15, -0.1) is 0 Å². The molecule has 0 spiro atoms. The first-order chi connectivity index (χ1) is 8.04. The van der Waals surface area contributed by atoms with Crippen molar-refractivity contribution in [3.8, 4) is 0 Å². The second kappa shape index (κ2) is 6.30. The van der Waals surface area contributed by atoms with Gasteiger partial charge in [-0.25, -0.2) is 8.78 Å². The van der Waals surface area contributed by atoms with Crippen LogP contribution in [0.1, 0.15) is 31.4 Å². The largest absolute Gasteiger partial charge is 0.466 e. The number of carbonyl (C=O) groups excluding carboxylic acids is 1. The molecule has 0 bridgehead atoms. The van der Waals surface area contributed by atoms with Gasteiger partial charge in [0.05, 0.1) is 12.7 Å². The van der Waals surface area contributed by atoms with Crippen LogP contribution in [0.5, 0.6) is 0 Å². The van der Waals surface area contributed by atoms with Gasteiger partial charge in [0, 0.05) is 18.1 Å². The Bertz CT molecular complexity index is 393. The number of carbonyl (C=O) groups is 1. The monoisotopic (exact) mass is 244 g/mol. The summed E-state index contributed by atoms with van der Waals surface area (Å²) in [5, 5.41) is 9.64. The number of rotatable bonds is 5. The lowest BCUT2D eigenvalue weighted by atomic mass is 10.0. The zero-order valence-electron chi connectivity index (χ0n) is 9.45. The maximum absolute atomic E-state index is 13.3. The maximum atomic E-state index is 13.3. The zero-order chi connectivity index (χ0) is 12.8. The van der Waals surface area contributed by atoms with Crippen LogP contribution in [0.3, 0.4) is 0 Å². The topological polar surface area (TPSA) is 46.5 Å². The van der Waals surface area contributed by atoms with Gasteiger partial charge >= 0.3 is 5.97 Å². The van der Waals surface area contributed by atoms with Crippen molar-refractivity contribution in [2.45, 2.75) is 25.9 Å². The summed E-state index contributed by atoms with van der Waals surface area (Å²) in [6.07, 6.45) is -1.10. The highest BCUT2D eigenvalue weighted by Gasteiger charge is 2.15. The molecule has 0 saturated heterocycles. The van der Waals surface area contributed by atoms with Gasteiger partial charge in [-0.3, -0.25) is 4.79 Å². The summed E-state index contributed by atoms with van der Waals surface area (Å²) in [5.41, 5.74) is -0.0179. The van der Waals surface area contributed by atoms with E-state index in [2.05, 4.69) is 4.74 Å². The van der Waals surface area contributed by atoms with Crippen molar-refractivity contribution in [2.24, 2.45) is 0 Å². The Balaban J connectivity index is 2.57. The second-order valence-corrected chi connectivity index (χ2v) is 3.53. The summed E-state index contributed by atoms with van der Waals surface area (Å²) in [7, 11) is 0. The summed E-state index contributed by atoms with van der Waals surface area (Å²) < 4.78 is 30.6. The molecule has 5 heteroatoms. The maximum Gasteiger partial charge on any atom is 0.305 e. The fourth-order valence-corrected chi connectivity index (χ4v) is 1.41. The average Bonchev–Trinajstić information content (AvgIpc) is 2.26. The lowest BCUT2D eigenvalue weighted by molar-refractivity contribution is -0.143. The summed E-state index contributed by atoms with van der Waals surface area (Å²) >= 11 is 0. The van der Waals surface area contributed by atoms with E-state index in [4.69, 9.17) is 0 Å². The Morgan fingerprint density at radius 3 is 2.76 bits per heavy atom. The highest BCUT2D eigenvalue weighted by atomic mass is 19.1. The van der Waals surface area contributed by atoms with Crippen molar-refractivity contribution < 1.29 is 23.4 Å². The van der Waals surface area contributed by atoms with E-state index in [1.54, 1.807) is 6.92 Å². The number of esters is 1. The van der Waals surface area contributed by atoms with Gasteiger partial charge in [-0.1, -0.05) is 6.07 Å². The zero-order valence-corrected chi connectivity index (χ0v) is 9.45. The van der Waals surface area contributed by atoms with Crippen molar-refractivity contribution in [1.82, 2.24) is 0 Å². The fraction of sp³-hybridized carbons (Fsp3) is 0.417. The molecule has 0 saturated carbocycles. The number of ether oxygens (including phenoxy) is 1. The molecule has 1 atom stereocenters. The van der Waals surface area contributed by atoms with Crippen molar-refractivity contribution in [3.63, 3.8) is 0 Å². The normalized spacial score (nSPS) is 12.2. The second-order valence-electron chi connectivity index (χ2n) is 3.53. The molecule has 3 nitrogen and oxygen atoms in total. The number of halogens is 2. The number of hydrogen-bond donors (Lipinski definition) is 1. The predicted molar refractivity (Wildman–Crippen MR) is 57.2 cm³/mol. The molecule has 0 amide bonds. The van der Waals surface area contributed by atoms with Crippen molar-refractivity contribution >= 4 is 5.97 Å². The minimum atomic E-state index is -1.14. The molecule has 1 aromatic rings. The van der Waals surface area contributed by atoms with E-state index in [1.165, 1.54) is 6.07 Å². The molecule has 94 valence electrons. The summed E-state index contributed by atoms with van der Waals surface area (Å²) in [4.78, 5) is 11.0. The Hall–Kier alpha value is -1.49. The number of benzene rings is 1. The molecule has 0 aromatic heterocycles. The third-order valence-electron chi connectivity index (χ3n) is 2.25. The van der Waals surface area contributed by atoms with Crippen LogP contribution < -0.4 is 0 Å². The molecule has 17 heavy (non-hydrogen) atoms. The van der Waals surface area contributed by atoms with Gasteiger partial charge in [-0.05, 0) is 19.4 Å². The molecule has 1 aromatic carbocycles. The van der Waals surface area contributed by atoms with Crippen LogP contribution in [0.4, 0.5) is 8.78 Å². The highest BCUT2D eigenvalue weighted by molar-refractivity contribution is 5.69. The SMILES string of the molecule is CCOC(=O)CCC(O)c1ccc(F)cc1F. The quantitative estimate of drug-likeness (QED) is 0.809. The Morgan fingerprint density at radius 2 is 2.18 bits per heavy atom. The highest BCUT2D eigenvalue weighted by Crippen LogP contribution is 2.22. The first kappa shape index (κ1) is 13.6. The van der Waals surface area contributed by atoms with E-state index < -0.39 is 23.7 Å². The first-order valence-electron chi connectivity index (χ1n) is 5.33. The average molecular weight is 244 g/mol. The van der Waals surface area contributed by atoms with Crippen LogP contribution in [0, 0.1) is 11.6 Å². The summed E-state index contributed by atoms with van der Waals surface area (Å²) in [6, 6.07) is 2.93. The van der Waals surface area contributed by atoms with Crippen LogP contribution in [0.2, 0.25) is 0 Å². The lowest BCUT2D eigenvalue weighted by Gasteiger charge is -2.11. The molecule has 0 heterocycles. The molecule has 0 radical (unpaired) electrons. The first-order valence-corrected chi connectivity index (χ1v) is 5.33. The Morgan fingerprint density at radius 1 is 1.47 bits per heavy atom. The molecule has 0 aliphatic heterocycles. The van der Waals surface area contributed by atoms with E-state index in [9.17, 15) is 18.7 Å². The summed E-state index contributed by atoms with van der Waals surface area (Å²) in [6.45, 7) is 1.94. The minimum Gasteiger partial charge on any atom is -0.466 e. The van der Waals surface area contributed by atoms with E-state index >= 15 is 0 Å². The van der Waals surface area contributed by atoms with Crippen LogP contribution in [0.25, 0.3) is 0 Å². The van der Waals surface area contributed by atoms with Gasteiger partial charge in [0.25, 0.3) is 0 Å². The standard InChI is InChI=1S/C12H14F2O3/c1-2-17-12(16)6-5-11(15)9-4-3-8(13)7-10(9)14/h3-4,7,11,15H,2,5-6H2,1H3. The van der Waals surface area contributed by atoms with Gasteiger partial charge in [0.15, 0.2) is 0 Å². The molecular weight excluding hydrogens is 230 g/mol. The van der Waals surface area contributed by atoms with Gasteiger partial charge < -0.3 is 9.84 Å². The van der Waals surface area contributed by atoms with Gasteiger partial charge in [0.2, 0.25) is 0 Å². The van der Waals surface area contributed by atoms with Gasteiger partial charge in [0.1, 0.15) is 11.6 Å². The van der Waals surface area contributed by atoms with Crippen LogP contribution in [-0.4, -0.2) is 17.7 Å². The molecule has 0 aliphatic rings. The number of hydrogen-bond acceptors (Lipinski definition) is 3. The van der Waals surface area contributed by atoms with Crippen LogP contribution >= 0.6 is 0 Å². The van der Waals surface area contributed by atoms with E-state index in [0.717, 1.165) is 6.07 Å². The third kappa shape index (κ3) is 4.11. The van der Waals surface area contributed by atoms with Gasteiger partial charge in [-0.2, -0.15) is 0 Å². The van der Waals surface area contributed by atoms with E-state index in [-0.39, 0.29) is 25.0 Å². The van der Waals surface area contributed by atoms with E-state index in [1.807, 2.05) is 0 Å². The van der Waals surface area contributed by atoms with Crippen LogP contribution in [-0.2, 0) is 9.53 Å². The third-order valence-corrected chi connectivity index (χ3v) is 2.25.